The number of aliphatic hydroxyl groups is 4. The van der Waals surface area contributed by atoms with E-state index in [-0.39, 0.29) is 124 Å². The summed E-state index contributed by atoms with van der Waals surface area (Å²) in [6.07, 6.45) is 6.49. The van der Waals surface area contributed by atoms with Gasteiger partial charge in [-0.3, -0.25) is 33.9 Å². The van der Waals surface area contributed by atoms with Gasteiger partial charge in [0.25, 0.3) is 0 Å². The lowest BCUT2D eigenvalue weighted by Gasteiger charge is -2.35. The minimum atomic E-state index is -0.723. The number of rotatable bonds is 12. The number of likely N-dealkylation sites (N-methyl/N-ethyl adjacent to an activating group) is 5. The number of morpholine rings is 1. The largest absolute Gasteiger partial charge is 0.507 e. The van der Waals surface area contributed by atoms with Crippen LogP contribution in [-0.4, -0.2) is 278 Å². The molecule has 0 bridgehead atoms. The first-order chi connectivity index (χ1) is 56.3. The molecule has 11 heterocycles. The van der Waals surface area contributed by atoms with Gasteiger partial charge in [0, 0.05) is 161 Å². The molecule has 0 saturated carbocycles. The van der Waals surface area contributed by atoms with Gasteiger partial charge in [0.1, 0.15) is 113 Å². The standard InChI is InChI=1S/C24H25NO5.C22H31N3O5.C22H30N2O5.C21H28N2O6/c1-14-4-3-5-15(10-14)6-7-16-11-18(26)23-20(28)12-19(27)22(24(23)30-16)17-8-9-25(2)13-21(17)29;1-13-10-16(26)19-21(29)15(11-25-8-6-23(2)7-9-25)20(28)18(22(19)30-13)14-4-5-24(3)12-17(14)27;1-13-10-16(25)19-21(28)15(11-24-7-4-3-5-8-24)20(27)18(22(19)29-13)14-6-9-23(2)12-17(14)26;1-12-9-15(24)18-20(27)14(10-23-5-7-28-8-6-23)19(26)17(21(18)29-12)13-3-4-22(2)11-16(13)25/h3-7,10-12,17,21,27-29H,8-9,13H2,1-2H3;10,14,17,27-29H,4-9,11-12H2,1-3H3;10,14,17,26-28H,3-9,11-12H2,1-2H3;9,13,16,25-27H,3-8,10-11H2,1-2H3/b7-6+;;;. The molecule has 118 heavy (non-hydrogen) atoms. The van der Waals surface area contributed by atoms with Crippen LogP contribution in [0.4, 0.5) is 0 Å². The second-order valence-corrected chi connectivity index (χ2v) is 33.5. The Hall–Kier alpha value is -9.44. The summed E-state index contributed by atoms with van der Waals surface area (Å²) >= 11 is 0. The van der Waals surface area contributed by atoms with E-state index in [1.807, 2.05) is 85.1 Å². The van der Waals surface area contributed by atoms with Crippen LogP contribution in [0.25, 0.3) is 56.0 Å². The van der Waals surface area contributed by atoms with Gasteiger partial charge in [-0.15, -0.1) is 0 Å². The summed E-state index contributed by atoms with van der Waals surface area (Å²) in [5, 5.41) is 131. The molecular formula is C89H114N8O21. The zero-order chi connectivity index (χ0) is 84.4. The lowest BCUT2D eigenvalue weighted by molar-refractivity contribution is 0.0334. The molecule has 9 aromatic rings. The van der Waals surface area contributed by atoms with E-state index in [4.69, 9.17) is 22.4 Å². The highest BCUT2D eigenvalue weighted by molar-refractivity contribution is 5.93. The van der Waals surface area contributed by atoms with E-state index in [0.717, 1.165) is 95.5 Å². The number of ether oxygens (including phenoxy) is 1. The highest BCUT2D eigenvalue weighted by Gasteiger charge is 2.40. The molecule has 12 N–H and O–H groups in total. The molecule has 16 rings (SSSR count). The van der Waals surface area contributed by atoms with Gasteiger partial charge in [0.05, 0.1) is 54.3 Å². The van der Waals surface area contributed by atoms with Crippen LogP contribution in [0.1, 0.15) is 142 Å². The Kier molecular flexibility index (Phi) is 27.1. The number of phenols is 8. The minimum Gasteiger partial charge on any atom is -0.507 e. The zero-order valence-electron chi connectivity index (χ0n) is 68.9. The summed E-state index contributed by atoms with van der Waals surface area (Å²) in [7, 11) is 9.80. The number of likely N-dealkylation sites (tertiary alicyclic amines) is 5. The van der Waals surface area contributed by atoms with Crippen molar-refractivity contribution in [3.63, 3.8) is 0 Å². The van der Waals surface area contributed by atoms with E-state index >= 15 is 0 Å². The number of benzene rings is 5. The van der Waals surface area contributed by atoms with E-state index < -0.39 is 35.8 Å². The Morgan fingerprint density at radius 1 is 0.364 bits per heavy atom. The van der Waals surface area contributed by atoms with E-state index in [2.05, 4.69) is 26.6 Å². The Morgan fingerprint density at radius 2 is 0.729 bits per heavy atom. The fourth-order valence-corrected chi connectivity index (χ4v) is 18.1. The number of nitrogens with zero attached hydrogens (tertiary/aromatic N) is 8. The van der Waals surface area contributed by atoms with E-state index in [1.165, 1.54) is 30.7 Å². The van der Waals surface area contributed by atoms with Gasteiger partial charge in [0.15, 0.2) is 21.7 Å². The van der Waals surface area contributed by atoms with Gasteiger partial charge in [-0.1, -0.05) is 42.3 Å². The third-order valence-corrected chi connectivity index (χ3v) is 24.6. The summed E-state index contributed by atoms with van der Waals surface area (Å²) in [6, 6.07) is 14.4. The van der Waals surface area contributed by atoms with Gasteiger partial charge in [-0.05, 0) is 152 Å². The molecule has 7 fully saturated rings. The molecule has 636 valence electrons. The van der Waals surface area contributed by atoms with Crippen molar-refractivity contribution < 1.29 is 83.7 Å². The number of phenolic OH excluding ortho intramolecular Hbond substituents is 8. The topological polar surface area (TPSA) is 399 Å². The van der Waals surface area contributed by atoms with Crippen LogP contribution in [-0.2, 0) is 24.4 Å². The molecule has 0 aliphatic carbocycles. The SMILES string of the molecule is Cc1cc(=O)c2c(O)c(CN3CCCCC3)c(O)c(C3CCN(C)CC3O)c2o1.Cc1cc(=O)c2c(O)c(CN3CCN(C)CC3)c(O)c(C3CCN(C)CC3O)c2o1.Cc1cc(=O)c2c(O)c(CN3CCOCC3)c(O)c(C3CCN(C)CC3O)c2o1.Cc1cccc(/C=C/c2cc(=O)c3c(O)cc(O)c(C4CCN(C)CC4O)c3o2)c1. The highest BCUT2D eigenvalue weighted by atomic mass is 16.5. The zero-order valence-corrected chi connectivity index (χ0v) is 68.9. The lowest BCUT2D eigenvalue weighted by atomic mass is 9.84. The normalized spacial score (nSPS) is 23.3. The van der Waals surface area contributed by atoms with Crippen molar-refractivity contribution >= 4 is 56.0 Å². The van der Waals surface area contributed by atoms with Crippen LogP contribution in [0.15, 0.2) is 91.4 Å². The maximum absolute atomic E-state index is 12.8. The molecular weight excluding hydrogens is 1520 g/mol. The van der Waals surface area contributed by atoms with Crippen LogP contribution in [0.5, 0.6) is 46.0 Å². The van der Waals surface area contributed by atoms with E-state index in [0.29, 0.717) is 160 Å². The van der Waals surface area contributed by atoms with Gasteiger partial charge in [0.2, 0.25) is 0 Å². The second kappa shape index (κ2) is 37.1. The summed E-state index contributed by atoms with van der Waals surface area (Å²) < 4.78 is 28.9. The Bertz CT molecular complexity index is 5270. The Morgan fingerprint density at radius 3 is 1.12 bits per heavy atom. The number of β-amino-alcohol motifs (C(OH)–C–C–N with tert-alkyl or cyclic N) is 4. The van der Waals surface area contributed by atoms with Crippen LogP contribution < -0.4 is 21.7 Å². The Labute approximate surface area is 683 Å². The van der Waals surface area contributed by atoms with Crippen molar-refractivity contribution in [3.05, 3.63) is 169 Å². The third-order valence-electron chi connectivity index (χ3n) is 24.6. The van der Waals surface area contributed by atoms with Crippen molar-refractivity contribution in [2.24, 2.45) is 0 Å². The monoisotopic (exact) mass is 1630 g/mol. The average Bonchev–Trinajstić information content (AvgIpc) is 0.754. The number of hydrogen-bond acceptors (Lipinski definition) is 29. The van der Waals surface area contributed by atoms with E-state index in [9.17, 15) is 80.5 Å². The summed E-state index contributed by atoms with van der Waals surface area (Å²) in [6.45, 7) is 20.6. The average molecular weight is 1630 g/mol. The molecule has 29 heteroatoms. The molecule has 0 amide bonds. The van der Waals surface area contributed by atoms with Crippen molar-refractivity contribution in [1.29, 1.82) is 0 Å². The molecule has 0 spiro atoms. The number of piperazine rings is 1. The molecule has 7 aliphatic heterocycles. The van der Waals surface area contributed by atoms with Crippen LogP contribution in [0.3, 0.4) is 0 Å². The molecule has 0 radical (unpaired) electrons. The van der Waals surface area contributed by atoms with Crippen molar-refractivity contribution in [3.8, 4) is 46.0 Å². The minimum absolute atomic E-state index is 0.0154. The molecule has 4 aromatic heterocycles. The number of aromatic hydroxyl groups is 8. The lowest BCUT2D eigenvalue weighted by Crippen LogP contribution is -2.44. The highest BCUT2D eigenvalue weighted by Crippen LogP contribution is 2.50. The maximum Gasteiger partial charge on any atom is 0.197 e. The first-order valence-corrected chi connectivity index (χ1v) is 41.0. The van der Waals surface area contributed by atoms with Crippen molar-refractivity contribution in [1.82, 2.24) is 39.2 Å². The molecule has 7 aliphatic rings. The van der Waals surface area contributed by atoms with Gasteiger partial charge in [-0.2, -0.15) is 0 Å². The molecule has 8 atom stereocenters. The van der Waals surface area contributed by atoms with Gasteiger partial charge in [-0.25, -0.2) is 0 Å². The number of aryl methyl sites for hydroxylation is 4. The van der Waals surface area contributed by atoms with Crippen LogP contribution >= 0.6 is 0 Å². The first kappa shape index (κ1) is 86.4. The predicted molar refractivity (Wildman–Crippen MR) is 449 cm³/mol. The summed E-state index contributed by atoms with van der Waals surface area (Å²) in [5.41, 5.74) is 4.00. The number of piperidine rings is 5. The number of aliphatic hydroxyl groups excluding tert-OH is 4. The first-order valence-electron chi connectivity index (χ1n) is 41.0. The Balaban J connectivity index is 0.000000136. The van der Waals surface area contributed by atoms with Crippen molar-refractivity contribution in [2.45, 2.75) is 140 Å². The summed E-state index contributed by atoms with van der Waals surface area (Å²) in [4.78, 5) is 67.8. The number of hydrogen-bond donors (Lipinski definition) is 12. The molecule has 8 unspecified atom stereocenters. The second-order valence-electron chi connectivity index (χ2n) is 33.5. The molecule has 29 nitrogen and oxygen atoms in total. The van der Waals surface area contributed by atoms with Crippen LogP contribution in [0.2, 0.25) is 0 Å². The fourth-order valence-electron chi connectivity index (χ4n) is 18.1. The summed E-state index contributed by atoms with van der Waals surface area (Å²) in [5.74, 6) is -1.41. The van der Waals surface area contributed by atoms with Crippen molar-refractivity contribution in [2.75, 3.05) is 153 Å². The molecule has 7 saturated heterocycles. The third kappa shape index (κ3) is 18.8. The van der Waals surface area contributed by atoms with Gasteiger partial charge < -0.3 is 108 Å². The van der Waals surface area contributed by atoms with Crippen LogP contribution in [0, 0.1) is 27.7 Å². The van der Waals surface area contributed by atoms with E-state index in [1.54, 1.807) is 26.8 Å². The fraction of sp³-hybridized carbons (Fsp3) is 0.506. The maximum atomic E-state index is 12.8. The number of fused-ring (bicyclic) bond motifs is 4. The predicted octanol–water partition coefficient (Wildman–Crippen LogP) is 7.91. The smallest absolute Gasteiger partial charge is 0.197 e. The quantitative estimate of drug-likeness (QED) is 0.0552. The molecule has 5 aromatic carbocycles. The van der Waals surface area contributed by atoms with Gasteiger partial charge >= 0.3 is 0 Å².